The van der Waals surface area contributed by atoms with Crippen molar-refractivity contribution in [1.29, 1.82) is 0 Å². The van der Waals surface area contributed by atoms with Gasteiger partial charge >= 0.3 is 5.97 Å². The molecule has 5 nitrogen and oxygen atoms in total. The minimum Gasteiger partial charge on any atom is -0.468 e. The van der Waals surface area contributed by atoms with Crippen molar-refractivity contribution in [3.8, 4) is 0 Å². The highest BCUT2D eigenvalue weighted by atomic mass is 35.5. The zero-order valence-corrected chi connectivity index (χ0v) is 7.80. The third-order valence-electron chi connectivity index (χ3n) is 1.55. The van der Waals surface area contributed by atoms with Crippen molar-refractivity contribution in [3.63, 3.8) is 0 Å². The van der Waals surface area contributed by atoms with Gasteiger partial charge in [-0.15, -0.1) is 12.4 Å². The van der Waals surface area contributed by atoms with Crippen LogP contribution in [0.1, 0.15) is 13.3 Å². The van der Waals surface area contributed by atoms with E-state index in [1.54, 1.807) is 0 Å². The number of methoxy groups -OCH3 is 1. The zero-order chi connectivity index (χ0) is 8.48. The molecule has 0 spiro atoms. The average Bonchev–Trinajstić information content (AvgIpc) is 2.66. The SMILES string of the molecule is COC(=O)[C@@H](N)CC1(C)N=N1.Cl. The summed E-state index contributed by atoms with van der Waals surface area (Å²) in [5, 5.41) is 7.46. The molecule has 0 unspecified atom stereocenters. The first kappa shape index (κ1) is 11.3. The first-order valence-electron chi connectivity index (χ1n) is 3.35. The summed E-state index contributed by atoms with van der Waals surface area (Å²) in [4.78, 5) is 10.8. The monoisotopic (exact) mass is 193 g/mol. The predicted molar refractivity (Wildman–Crippen MR) is 45.1 cm³/mol. The molecule has 0 aromatic rings. The second-order valence-corrected chi connectivity index (χ2v) is 2.75. The highest BCUT2D eigenvalue weighted by molar-refractivity contribution is 5.85. The third-order valence-corrected chi connectivity index (χ3v) is 1.55. The van der Waals surface area contributed by atoms with Crippen molar-refractivity contribution in [2.45, 2.75) is 25.0 Å². The lowest BCUT2D eigenvalue weighted by molar-refractivity contribution is -0.142. The summed E-state index contributed by atoms with van der Waals surface area (Å²) in [6, 6.07) is -0.611. The number of hydrogen-bond donors (Lipinski definition) is 1. The lowest BCUT2D eigenvalue weighted by Gasteiger charge is -2.09. The summed E-state index contributed by atoms with van der Waals surface area (Å²) in [6.45, 7) is 1.82. The maximum Gasteiger partial charge on any atom is 0.322 e. The van der Waals surface area contributed by atoms with E-state index < -0.39 is 17.7 Å². The lowest BCUT2D eigenvalue weighted by atomic mass is 10.1. The summed E-state index contributed by atoms with van der Waals surface area (Å²) in [6.07, 6.45) is 0.430. The quantitative estimate of drug-likeness (QED) is 0.663. The Morgan fingerprint density at radius 1 is 1.67 bits per heavy atom. The van der Waals surface area contributed by atoms with Crippen LogP contribution in [-0.2, 0) is 9.53 Å². The Hall–Kier alpha value is -0.680. The van der Waals surface area contributed by atoms with Gasteiger partial charge in [0.25, 0.3) is 0 Å². The van der Waals surface area contributed by atoms with Gasteiger partial charge in [0.1, 0.15) is 6.04 Å². The van der Waals surface area contributed by atoms with E-state index >= 15 is 0 Å². The van der Waals surface area contributed by atoms with E-state index in [1.165, 1.54) is 7.11 Å². The van der Waals surface area contributed by atoms with Gasteiger partial charge in [0.15, 0.2) is 5.66 Å². The van der Waals surface area contributed by atoms with Crippen molar-refractivity contribution in [2.75, 3.05) is 7.11 Å². The molecule has 0 amide bonds. The van der Waals surface area contributed by atoms with Crippen molar-refractivity contribution in [2.24, 2.45) is 16.0 Å². The number of carbonyl (C=O) groups is 1. The molecule has 0 aromatic carbocycles. The van der Waals surface area contributed by atoms with Crippen molar-refractivity contribution < 1.29 is 9.53 Å². The smallest absolute Gasteiger partial charge is 0.322 e. The molecule has 2 N–H and O–H groups in total. The Morgan fingerprint density at radius 2 is 2.17 bits per heavy atom. The predicted octanol–water partition coefficient (Wildman–Crippen LogP) is 0.481. The van der Waals surface area contributed by atoms with Gasteiger partial charge in [-0.1, -0.05) is 0 Å². The van der Waals surface area contributed by atoms with Gasteiger partial charge in [-0.05, 0) is 6.92 Å². The largest absolute Gasteiger partial charge is 0.468 e. The maximum absolute atomic E-state index is 10.8. The first-order chi connectivity index (χ1) is 5.07. The number of ether oxygens (including phenoxy) is 1. The molecule has 0 radical (unpaired) electrons. The Labute approximate surface area is 76.8 Å². The number of esters is 1. The molecule has 6 heteroatoms. The van der Waals surface area contributed by atoms with Crippen molar-refractivity contribution in [1.82, 2.24) is 0 Å². The molecule has 0 fully saturated rings. The molecule has 1 aliphatic heterocycles. The van der Waals surface area contributed by atoms with Crippen LogP contribution < -0.4 is 5.73 Å². The maximum atomic E-state index is 10.8. The van der Waals surface area contributed by atoms with Crippen LogP contribution in [0, 0.1) is 0 Å². The number of carbonyl (C=O) groups excluding carboxylic acids is 1. The fourth-order valence-electron chi connectivity index (χ4n) is 0.818. The first-order valence-corrected chi connectivity index (χ1v) is 3.35. The van der Waals surface area contributed by atoms with E-state index in [0.29, 0.717) is 6.42 Å². The number of nitrogens with two attached hydrogens (primary N) is 1. The minimum absolute atomic E-state index is 0. The normalized spacial score (nSPS) is 19.2. The molecule has 0 aliphatic carbocycles. The van der Waals surface area contributed by atoms with Crippen molar-refractivity contribution >= 4 is 18.4 Å². The van der Waals surface area contributed by atoms with Crippen LogP contribution >= 0.6 is 12.4 Å². The number of rotatable bonds is 3. The van der Waals surface area contributed by atoms with Crippen LogP contribution in [0.5, 0.6) is 0 Å². The Kier molecular flexibility index (Phi) is 3.60. The molecule has 1 rings (SSSR count). The van der Waals surface area contributed by atoms with Gasteiger partial charge in [-0.3, -0.25) is 4.79 Å². The molecular weight excluding hydrogens is 182 g/mol. The summed E-state index contributed by atoms with van der Waals surface area (Å²) in [7, 11) is 1.31. The topological polar surface area (TPSA) is 77.0 Å². The van der Waals surface area contributed by atoms with Gasteiger partial charge in [0, 0.05) is 6.42 Å². The summed E-state index contributed by atoms with van der Waals surface area (Å²) < 4.78 is 4.44. The van der Waals surface area contributed by atoms with E-state index in [9.17, 15) is 4.79 Å². The summed E-state index contributed by atoms with van der Waals surface area (Å²) in [5.41, 5.74) is 5.04. The summed E-state index contributed by atoms with van der Waals surface area (Å²) in [5.74, 6) is -0.413. The highest BCUT2D eigenvalue weighted by Gasteiger charge is 2.37. The van der Waals surface area contributed by atoms with E-state index in [0.717, 1.165) is 0 Å². The number of halogens is 1. The summed E-state index contributed by atoms with van der Waals surface area (Å²) >= 11 is 0. The fraction of sp³-hybridized carbons (Fsp3) is 0.833. The van der Waals surface area contributed by atoms with Gasteiger partial charge in [0.05, 0.1) is 7.11 Å². The molecule has 1 atom stereocenters. The molecule has 12 heavy (non-hydrogen) atoms. The van der Waals surface area contributed by atoms with Crippen LogP contribution in [0.4, 0.5) is 0 Å². The standard InChI is InChI=1S/C6H11N3O2.ClH/c1-6(8-9-6)3-4(7)5(10)11-2;/h4H,3,7H2,1-2H3;1H/t4-;/m0./s1. The van der Waals surface area contributed by atoms with Gasteiger partial charge in [-0.2, -0.15) is 10.2 Å². The zero-order valence-electron chi connectivity index (χ0n) is 6.98. The number of nitrogens with zero attached hydrogens (tertiary/aromatic N) is 2. The Bertz CT molecular complexity index is 201. The molecule has 0 saturated carbocycles. The molecule has 0 aromatic heterocycles. The van der Waals surface area contributed by atoms with Crippen LogP contribution in [0.15, 0.2) is 10.2 Å². The highest BCUT2D eigenvalue weighted by Crippen LogP contribution is 2.31. The lowest BCUT2D eigenvalue weighted by Crippen LogP contribution is -2.35. The molecule has 0 saturated heterocycles. The van der Waals surface area contributed by atoms with E-state index in [4.69, 9.17) is 5.73 Å². The van der Waals surface area contributed by atoms with E-state index in [2.05, 4.69) is 15.0 Å². The van der Waals surface area contributed by atoms with Gasteiger partial charge < -0.3 is 10.5 Å². The van der Waals surface area contributed by atoms with Crippen LogP contribution in [0.3, 0.4) is 0 Å². The molecule has 1 aliphatic rings. The van der Waals surface area contributed by atoms with E-state index in [-0.39, 0.29) is 12.4 Å². The molecule has 70 valence electrons. The van der Waals surface area contributed by atoms with E-state index in [1.807, 2.05) is 6.92 Å². The van der Waals surface area contributed by atoms with Crippen molar-refractivity contribution in [3.05, 3.63) is 0 Å². The average molecular weight is 194 g/mol. The Morgan fingerprint density at radius 3 is 2.50 bits per heavy atom. The second-order valence-electron chi connectivity index (χ2n) is 2.75. The molecule has 0 bridgehead atoms. The van der Waals surface area contributed by atoms with Crippen LogP contribution in [0.25, 0.3) is 0 Å². The number of hydrogen-bond acceptors (Lipinski definition) is 5. The van der Waals surface area contributed by atoms with Gasteiger partial charge in [-0.25, -0.2) is 0 Å². The van der Waals surface area contributed by atoms with Gasteiger partial charge in [0.2, 0.25) is 0 Å². The fourth-order valence-corrected chi connectivity index (χ4v) is 0.818. The van der Waals surface area contributed by atoms with Crippen LogP contribution in [-0.4, -0.2) is 24.8 Å². The molecule has 1 heterocycles. The third kappa shape index (κ3) is 2.75. The second kappa shape index (κ2) is 3.82. The van der Waals surface area contributed by atoms with Crippen LogP contribution in [0.2, 0.25) is 0 Å². The Balaban J connectivity index is 0.00000121. The molecular formula is C6H12ClN3O2. The minimum atomic E-state index is -0.611.